The molecule has 0 bridgehead atoms. The van der Waals surface area contributed by atoms with Crippen LogP contribution in [0.4, 0.5) is 5.69 Å². The van der Waals surface area contributed by atoms with E-state index in [1.807, 2.05) is 63.2 Å². The smallest absolute Gasteiger partial charge is 0.244 e. The number of nitrogens with zero attached hydrogens (tertiary/aromatic N) is 2. The van der Waals surface area contributed by atoms with Crippen molar-refractivity contribution in [3.63, 3.8) is 0 Å². The van der Waals surface area contributed by atoms with E-state index in [2.05, 4.69) is 5.32 Å². The molecule has 9 heteroatoms. The molecule has 0 radical (unpaired) electrons. The molecule has 3 aromatic rings. The Labute approximate surface area is 243 Å². The van der Waals surface area contributed by atoms with Gasteiger partial charge in [-0.1, -0.05) is 79.5 Å². The number of benzene rings is 3. The summed E-state index contributed by atoms with van der Waals surface area (Å²) in [6.45, 7) is 5.88. The molecule has 3 rings (SSSR count). The minimum absolute atomic E-state index is 0.0858. The van der Waals surface area contributed by atoms with Crippen LogP contribution in [0, 0.1) is 13.8 Å². The number of carbonyl (C=O) groups excluding carboxylic acids is 2. The topological polar surface area (TPSA) is 86.8 Å². The van der Waals surface area contributed by atoms with E-state index in [1.54, 1.807) is 30.3 Å². The summed E-state index contributed by atoms with van der Waals surface area (Å²) in [7, 11) is -3.82. The second kappa shape index (κ2) is 14.3. The van der Waals surface area contributed by atoms with Gasteiger partial charge < -0.3 is 10.2 Å². The van der Waals surface area contributed by atoms with Crippen LogP contribution in [0.15, 0.2) is 72.8 Å². The van der Waals surface area contributed by atoms with Crippen molar-refractivity contribution >= 4 is 39.1 Å². The lowest BCUT2D eigenvalue weighted by molar-refractivity contribution is -0.140. The number of hydrogen-bond donors (Lipinski definition) is 1. The van der Waals surface area contributed by atoms with Gasteiger partial charge in [0.1, 0.15) is 12.6 Å². The van der Waals surface area contributed by atoms with E-state index in [-0.39, 0.29) is 18.9 Å². The first kappa shape index (κ1) is 31.2. The quantitative estimate of drug-likeness (QED) is 0.277. The fourth-order valence-electron chi connectivity index (χ4n) is 4.49. The lowest BCUT2D eigenvalue weighted by atomic mass is 10.0. The average molecular weight is 584 g/mol. The highest BCUT2D eigenvalue weighted by atomic mass is 35.5. The summed E-state index contributed by atoms with van der Waals surface area (Å²) in [5.41, 5.74) is 3.73. The van der Waals surface area contributed by atoms with Crippen LogP contribution in [-0.2, 0) is 32.6 Å². The van der Waals surface area contributed by atoms with Gasteiger partial charge in [0, 0.05) is 24.5 Å². The van der Waals surface area contributed by atoms with Crippen molar-refractivity contribution in [3.8, 4) is 0 Å². The first-order chi connectivity index (χ1) is 19.0. The van der Waals surface area contributed by atoms with Gasteiger partial charge in [-0.05, 0) is 60.7 Å². The molecule has 7 nitrogen and oxygen atoms in total. The number of hydrogen-bond acceptors (Lipinski definition) is 4. The lowest BCUT2D eigenvalue weighted by Gasteiger charge is -2.34. The van der Waals surface area contributed by atoms with E-state index < -0.39 is 28.5 Å². The lowest BCUT2D eigenvalue weighted by Crippen LogP contribution is -2.53. The van der Waals surface area contributed by atoms with Gasteiger partial charge in [0.15, 0.2) is 0 Å². The minimum atomic E-state index is -3.82. The van der Waals surface area contributed by atoms with Crippen LogP contribution >= 0.6 is 11.6 Å². The summed E-state index contributed by atoms with van der Waals surface area (Å²) in [5.74, 6) is -0.775. The van der Waals surface area contributed by atoms with Gasteiger partial charge in [0.2, 0.25) is 21.8 Å². The zero-order chi connectivity index (χ0) is 29.3. The van der Waals surface area contributed by atoms with Crippen LogP contribution in [0.1, 0.15) is 42.0 Å². The minimum Gasteiger partial charge on any atom is -0.354 e. The van der Waals surface area contributed by atoms with Gasteiger partial charge in [0.25, 0.3) is 0 Å². The molecular weight excluding hydrogens is 546 g/mol. The largest absolute Gasteiger partial charge is 0.354 e. The van der Waals surface area contributed by atoms with E-state index in [9.17, 15) is 18.0 Å². The Kier molecular flexibility index (Phi) is 11.2. The number of amides is 2. The Morgan fingerprint density at radius 3 is 2.27 bits per heavy atom. The number of sulfonamides is 1. The predicted octanol–water partition coefficient (Wildman–Crippen LogP) is 5.28. The molecule has 0 saturated heterocycles. The maximum Gasteiger partial charge on any atom is 0.244 e. The molecule has 1 unspecified atom stereocenters. The molecule has 214 valence electrons. The molecule has 1 N–H and O–H groups in total. The summed E-state index contributed by atoms with van der Waals surface area (Å²) in [5, 5.41) is 3.48. The van der Waals surface area contributed by atoms with Gasteiger partial charge in [-0.25, -0.2) is 8.42 Å². The summed E-state index contributed by atoms with van der Waals surface area (Å²) in [6.07, 6.45) is 3.07. The molecule has 40 heavy (non-hydrogen) atoms. The summed E-state index contributed by atoms with van der Waals surface area (Å²) in [4.78, 5) is 29.2. The fourth-order valence-corrected chi connectivity index (χ4v) is 5.61. The van der Waals surface area contributed by atoms with Crippen LogP contribution in [0.3, 0.4) is 0 Å². The van der Waals surface area contributed by atoms with Gasteiger partial charge in [0.05, 0.1) is 11.9 Å². The van der Waals surface area contributed by atoms with Gasteiger partial charge >= 0.3 is 0 Å². The molecule has 0 aliphatic rings. The fraction of sp³-hybridized carbons (Fsp3) is 0.355. The molecule has 0 aliphatic carbocycles. The van der Waals surface area contributed by atoms with Crippen molar-refractivity contribution in [2.75, 3.05) is 23.7 Å². The van der Waals surface area contributed by atoms with E-state index in [4.69, 9.17) is 11.6 Å². The summed E-state index contributed by atoms with van der Waals surface area (Å²) < 4.78 is 27.1. The average Bonchev–Trinajstić information content (AvgIpc) is 2.91. The van der Waals surface area contributed by atoms with E-state index in [0.29, 0.717) is 17.3 Å². The Bertz CT molecular complexity index is 1410. The van der Waals surface area contributed by atoms with E-state index >= 15 is 0 Å². The molecule has 0 saturated carbocycles. The van der Waals surface area contributed by atoms with Crippen molar-refractivity contribution in [1.82, 2.24) is 10.2 Å². The zero-order valence-corrected chi connectivity index (χ0v) is 25.1. The Morgan fingerprint density at radius 2 is 1.62 bits per heavy atom. The van der Waals surface area contributed by atoms with Gasteiger partial charge in [-0.15, -0.1) is 0 Å². The summed E-state index contributed by atoms with van der Waals surface area (Å²) >= 11 is 6.25. The molecule has 0 fully saturated rings. The molecule has 0 spiro atoms. The molecule has 2 amide bonds. The van der Waals surface area contributed by atoms with Crippen molar-refractivity contribution in [3.05, 3.63) is 100 Å². The third-order valence-corrected chi connectivity index (χ3v) is 8.23. The van der Waals surface area contributed by atoms with Crippen molar-refractivity contribution < 1.29 is 18.0 Å². The maximum atomic E-state index is 14.1. The van der Waals surface area contributed by atoms with Gasteiger partial charge in [-0.2, -0.15) is 0 Å². The Morgan fingerprint density at radius 1 is 0.950 bits per heavy atom. The van der Waals surface area contributed by atoms with Crippen molar-refractivity contribution in [2.24, 2.45) is 0 Å². The number of anilines is 1. The van der Waals surface area contributed by atoms with Crippen LogP contribution in [0.25, 0.3) is 0 Å². The Balaban J connectivity index is 2.06. The number of aryl methyl sites for hydroxylation is 1. The molecule has 1 atom stereocenters. The van der Waals surface area contributed by atoms with Crippen molar-refractivity contribution in [1.29, 1.82) is 0 Å². The van der Waals surface area contributed by atoms with Crippen LogP contribution in [0.2, 0.25) is 5.02 Å². The molecular formula is C31H38ClN3O4S. The molecule has 3 aromatic carbocycles. The van der Waals surface area contributed by atoms with E-state index in [0.717, 1.165) is 45.7 Å². The normalized spacial score (nSPS) is 12.0. The SMILES string of the molecule is CCCCNC(=O)C(Cc1ccccc1)N(Cc1cccc(Cl)c1)C(=O)CN(c1cccc(C)c1C)S(C)(=O)=O. The number of halogens is 1. The zero-order valence-electron chi connectivity index (χ0n) is 23.6. The third kappa shape index (κ3) is 8.57. The van der Waals surface area contributed by atoms with Crippen LogP contribution in [0.5, 0.6) is 0 Å². The first-order valence-electron chi connectivity index (χ1n) is 13.4. The highest BCUT2D eigenvalue weighted by Crippen LogP contribution is 2.26. The highest BCUT2D eigenvalue weighted by molar-refractivity contribution is 7.92. The number of rotatable bonds is 13. The number of unbranched alkanes of at least 4 members (excludes halogenated alkanes) is 1. The van der Waals surface area contributed by atoms with Crippen LogP contribution in [-0.4, -0.2) is 50.5 Å². The second-order valence-corrected chi connectivity index (χ2v) is 12.3. The van der Waals surface area contributed by atoms with Gasteiger partial charge in [-0.3, -0.25) is 13.9 Å². The highest BCUT2D eigenvalue weighted by Gasteiger charge is 2.33. The van der Waals surface area contributed by atoms with Crippen LogP contribution < -0.4 is 9.62 Å². The molecule has 0 aliphatic heterocycles. The summed E-state index contributed by atoms with van der Waals surface area (Å²) in [6, 6.07) is 21.1. The first-order valence-corrected chi connectivity index (χ1v) is 15.6. The third-order valence-electron chi connectivity index (χ3n) is 6.87. The maximum absolute atomic E-state index is 14.1. The second-order valence-electron chi connectivity index (χ2n) is 9.99. The van der Waals surface area contributed by atoms with E-state index in [1.165, 1.54) is 4.90 Å². The Hall–Kier alpha value is -3.36. The number of nitrogens with one attached hydrogen (secondary N) is 1. The molecule has 0 aromatic heterocycles. The van der Waals surface area contributed by atoms with Crippen molar-refractivity contribution in [2.45, 2.75) is 52.6 Å². The molecule has 0 heterocycles. The monoisotopic (exact) mass is 583 g/mol. The predicted molar refractivity (Wildman–Crippen MR) is 162 cm³/mol. The number of carbonyl (C=O) groups is 2. The standard InChI is InChI=1S/C31H38ClN3O4S/c1-5-6-18-33-31(37)29(20-25-13-8-7-9-14-25)34(21-26-15-11-16-27(32)19-26)30(36)22-35(40(4,38)39)28-17-10-12-23(2)24(28)3/h7-17,19,29H,5-6,18,20-22H2,1-4H3,(H,33,37).